The average molecular weight is 365 g/mol. The monoisotopic (exact) mass is 365 g/mol. The minimum absolute atomic E-state index is 0.0264. The number of carbonyl (C=O) groups excluding carboxylic acids is 4. The van der Waals surface area contributed by atoms with Gasteiger partial charge in [0.15, 0.2) is 5.78 Å². The van der Waals surface area contributed by atoms with Crippen molar-refractivity contribution in [1.82, 2.24) is 4.90 Å². The quantitative estimate of drug-likeness (QED) is 0.340. The van der Waals surface area contributed by atoms with Crippen LogP contribution in [0.5, 0.6) is 5.75 Å². The Morgan fingerprint density at radius 3 is 2.22 bits per heavy atom. The molecule has 0 spiro atoms. The van der Waals surface area contributed by atoms with Gasteiger partial charge in [-0.05, 0) is 44.5 Å². The highest BCUT2D eigenvalue weighted by atomic mass is 16.5. The van der Waals surface area contributed by atoms with Gasteiger partial charge in [-0.1, -0.05) is 23.8 Å². The maximum absolute atomic E-state index is 12.3. The van der Waals surface area contributed by atoms with E-state index in [1.165, 1.54) is 6.92 Å². The lowest BCUT2D eigenvalue weighted by Crippen LogP contribution is -2.31. The number of nitrogens with zero attached hydrogens (tertiary/aromatic N) is 1. The Kier molecular flexibility index (Phi) is 5.16. The first kappa shape index (κ1) is 18.5. The van der Waals surface area contributed by atoms with Crippen molar-refractivity contribution in [3.05, 3.63) is 64.7 Å². The molecule has 2 aromatic carbocycles. The number of esters is 1. The summed E-state index contributed by atoms with van der Waals surface area (Å²) >= 11 is 0. The normalized spacial score (nSPS) is 12.9. The molecule has 2 amide bonds. The molecule has 0 radical (unpaired) electrons. The van der Waals surface area contributed by atoms with Crippen molar-refractivity contribution in [3.63, 3.8) is 0 Å². The molecule has 0 saturated carbocycles. The number of ether oxygens (including phenoxy) is 1. The van der Waals surface area contributed by atoms with E-state index in [4.69, 9.17) is 4.74 Å². The molecule has 2 aromatic rings. The highest BCUT2D eigenvalue weighted by Crippen LogP contribution is 2.23. The summed E-state index contributed by atoms with van der Waals surface area (Å²) in [5.41, 5.74) is 2.01. The van der Waals surface area contributed by atoms with Crippen molar-refractivity contribution in [3.8, 4) is 5.75 Å². The standard InChI is InChI=1S/C21H19NO5/c1-13-9-10-18(17(12-13)14(2)23)27-19(24)8-5-11-22-20(25)15-6-3-4-7-16(15)21(22)26/h3-4,6-7,9-10,12H,5,8,11H2,1-2H3. The number of benzene rings is 2. The molecule has 0 bridgehead atoms. The number of amides is 2. The van der Waals surface area contributed by atoms with Crippen LogP contribution in [0.1, 0.15) is 56.4 Å². The SMILES string of the molecule is CC(=O)c1cc(C)ccc1OC(=O)CCCN1C(=O)c2ccccc2C1=O. The van der Waals surface area contributed by atoms with E-state index >= 15 is 0 Å². The number of ketones is 1. The van der Waals surface area contributed by atoms with Crippen LogP contribution in [0.25, 0.3) is 0 Å². The zero-order valence-corrected chi connectivity index (χ0v) is 15.2. The Bertz CT molecular complexity index is 912. The maximum Gasteiger partial charge on any atom is 0.311 e. The van der Waals surface area contributed by atoms with Crippen LogP contribution in [0.4, 0.5) is 0 Å². The summed E-state index contributed by atoms with van der Waals surface area (Å²) in [5.74, 6) is -1.17. The Morgan fingerprint density at radius 2 is 1.63 bits per heavy atom. The summed E-state index contributed by atoms with van der Waals surface area (Å²) in [6, 6.07) is 11.7. The molecule has 0 N–H and O–H groups in total. The van der Waals surface area contributed by atoms with Crippen molar-refractivity contribution < 1.29 is 23.9 Å². The minimum atomic E-state index is -0.516. The molecule has 0 saturated heterocycles. The van der Waals surface area contributed by atoms with Crippen LogP contribution < -0.4 is 4.74 Å². The van der Waals surface area contributed by atoms with E-state index in [0.29, 0.717) is 16.7 Å². The van der Waals surface area contributed by atoms with E-state index in [1.807, 2.05) is 6.92 Å². The Balaban J connectivity index is 1.58. The van der Waals surface area contributed by atoms with Gasteiger partial charge in [-0.2, -0.15) is 0 Å². The Morgan fingerprint density at radius 1 is 1.00 bits per heavy atom. The van der Waals surface area contributed by atoms with Crippen LogP contribution in [0.2, 0.25) is 0 Å². The number of Topliss-reactive ketones (excluding diaryl/α,β-unsaturated/α-hetero) is 1. The first-order valence-corrected chi connectivity index (χ1v) is 8.66. The third kappa shape index (κ3) is 3.79. The van der Waals surface area contributed by atoms with Crippen molar-refractivity contribution in [2.45, 2.75) is 26.7 Å². The predicted octanol–water partition coefficient (Wildman–Crippen LogP) is 3.18. The largest absolute Gasteiger partial charge is 0.426 e. The number of hydrogen-bond acceptors (Lipinski definition) is 5. The molecule has 3 rings (SSSR count). The lowest BCUT2D eigenvalue weighted by Gasteiger charge is -2.13. The molecule has 0 fully saturated rings. The minimum Gasteiger partial charge on any atom is -0.426 e. The molecule has 27 heavy (non-hydrogen) atoms. The third-order valence-electron chi connectivity index (χ3n) is 4.38. The molecule has 138 valence electrons. The molecule has 0 aliphatic carbocycles. The van der Waals surface area contributed by atoms with Crippen LogP contribution in [0, 0.1) is 6.92 Å². The smallest absolute Gasteiger partial charge is 0.311 e. The molecular weight excluding hydrogens is 346 g/mol. The van der Waals surface area contributed by atoms with Crippen LogP contribution in [0.3, 0.4) is 0 Å². The number of imide groups is 1. The number of hydrogen-bond donors (Lipinski definition) is 0. The van der Waals surface area contributed by atoms with Crippen molar-refractivity contribution in [2.24, 2.45) is 0 Å². The lowest BCUT2D eigenvalue weighted by molar-refractivity contribution is -0.134. The number of fused-ring (bicyclic) bond motifs is 1. The van der Waals surface area contributed by atoms with E-state index in [9.17, 15) is 19.2 Å². The Hall–Kier alpha value is -3.28. The van der Waals surface area contributed by atoms with E-state index in [0.717, 1.165) is 10.5 Å². The van der Waals surface area contributed by atoms with Gasteiger partial charge in [-0.25, -0.2) is 0 Å². The summed E-state index contributed by atoms with van der Waals surface area (Å²) in [5, 5.41) is 0. The fourth-order valence-corrected chi connectivity index (χ4v) is 3.01. The fourth-order valence-electron chi connectivity index (χ4n) is 3.01. The van der Waals surface area contributed by atoms with Crippen molar-refractivity contribution in [2.75, 3.05) is 6.54 Å². The topological polar surface area (TPSA) is 80.8 Å². The predicted molar refractivity (Wildman–Crippen MR) is 97.9 cm³/mol. The number of aryl methyl sites for hydroxylation is 1. The molecule has 0 aromatic heterocycles. The molecular formula is C21H19NO5. The molecule has 1 aliphatic rings. The van der Waals surface area contributed by atoms with Gasteiger partial charge in [-0.15, -0.1) is 0 Å². The number of rotatable bonds is 6. The van der Waals surface area contributed by atoms with E-state index in [-0.39, 0.29) is 42.7 Å². The maximum atomic E-state index is 12.3. The fraction of sp³-hybridized carbons (Fsp3) is 0.238. The first-order chi connectivity index (χ1) is 12.9. The molecule has 1 aliphatic heterocycles. The lowest BCUT2D eigenvalue weighted by atomic mass is 10.1. The zero-order valence-electron chi connectivity index (χ0n) is 15.2. The van der Waals surface area contributed by atoms with Gasteiger partial charge in [0.25, 0.3) is 11.8 Å². The summed E-state index contributed by atoms with van der Waals surface area (Å²) < 4.78 is 5.29. The second kappa shape index (κ2) is 7.53. The van der Waals surface area contributed by atoms with Gasteiger partial charge < -0.3 is 4.74 Å². The van der Waals surface area contributed by atoms with Crippen molar-refractivity contribution in [1.29, 1.82) is 0 Å². The van der Waals surface area contributed by atoms with Gasteiger partial charge in [0.05, 0.1) is 16.7 Å². The summed E-state index contributed by atoms with van der Waals surface area (Å²) in [6.45, 7) is 3.39. The Labute approximate surface area is 156 Å². The van der Waals surface area contributed by atoms with Crippen LogP contribution in [0.15, 0.2) is 42.5 Å². The van der Waals surface area contributed by atoms with Crippen LogP contribution in [-0.4, -0.2) is 35.0 Å². The molecule has 6 nitrogen and oxygen atoms in total. The zero-order chi connectivity index (χ0) is 19.6. The van der Waals surface area contributed by atoms with E-state index in [1.54, 1.807) is 42.5 Å². The molecule has 0 atom stereocenters. The van der Waals surface area contributed by atoms with Crippen LogP contribution >= 0.6 is 0 Å². The second-order valence-electron chi connectivity index (χ2n) is 6.44. The summed E-state index contributed by atoms with van der Waals surface area (Å²) in [4.78, 5) is 49.5. The summed E-state index contributed by atoms with van der Waals surface area (Å²) in [7, 11) is 0. The van der Waals surface area contributed by atoms with Gasteiger partial charge in [0, 0.05) is 13.0 Å². The first-order valence-electron chi connectivity index (χ1n) is 8.66. The van der Waals surface area contributed by atoms with Crippen LogP contribution in [-0.2, 0) is 4.79 Å². The summed E-state index contributed by atoms with van der Waals surface area (Å²) in [6.07, 6.45) is 0.310. The molecule has 0 unspecified atom stereocenters. The highest BCUT2D eigenvalue weighted by molar-refractivity contribution is 6.21. The van der Waals surface area contributed by atoms with Gasteiger partial charge in [0.1, 0.15) is 5.75 Å². The second-order valence-corrected chi connectivity index (χ2v) is 6.44. The van der Waals surface area contributed by atoms with Gasteiger partial charge in [0.2, 0.25) is 0 Å². The van der Waals surface area contributed by atoms with Gasteiger partial charge in [-0.3, -0.25) is 24.1 Å². The molecule has 6 heteroatoms. The van der Waals surface area contributed by atoms with E-state index < -0.39 is 5.97 Å². The van der Waals surface area contributed by atoms with Crippen molar-refractivity contribution >= 4 is 23.6 Å². The van der Waals surface area contributed by atoms with Gasteiger partial charge >= 0.3 is 5.97 Å². The number of carbonyl (C=O) groups is 4. The average Bonchev–Trinajstić information content (AvgIpc) is 2.88. The van der Waals surface area contributed by atoms with E-state index in [2.05, 4.69) is 0 Å². The molecule has 1 heterocycles. The third-order valence-corrected chi connectivity index (χ3v) is 4.38. The highest BCUT2D eigenvalue weighted by Gasteiger charge is 2.34.